The molecule has 1 heterocycles. The van der Waals surface area contributed by atoms with Crippen molar-refractivity contribution in [2.45, 2.75) is 30.9 Å². The van der Waals surface area contributed by atoms with Crippen LogP contribution in [-0.4, -0.2) is 42.2 Å². The average Bonchev–Trinajstić information content (AvgIpc) is 3.40. The molecule has 0 radical (unpaired) electrons. The van der Waals surface area contributed by atoms with Crippen molar-refractivity contribution >= 4 is 43.7 Å². The monoisotopic (exact) mass is 708 g/mol. The van der Waals surface area contributed by atoms with Crippen molar-refractivity contribution in [3.8, 4) is 5.75 Å². The molecule has 0 bridgehead atoms. The van der Waals surface area contributed by atoms with Gasteiger partial charge in [0, 0.05) is 46.1 Å². The number of carbonyl (C=O) groups is 1. The van der Waals surface area contributed by atoms with E-state index in [9.17, 15) is 9.18 Å². The van der Waals surface area contributed by atoms with Crippen LogP contribution < -0.4 is 10.1 Å². The molecule has 6 nitrogen and oxygen atoms in total. The average molecular weight is 710 g/mol. The largest absolute Gasteiger partial charge is 0.494 e. The highest BCUT2D eigenvalue weighted by molar-refractivity contribution is 9.10. The smallest absolute Gasteiger partial charge is 0.252 e. The molecule has 0 unspecified atom stereocenters. The molecule has 4 aromatic rings. The highest BCUT2D eigenvalue weighted by Gasteiger charge is 2.53. The molecule has 9 heteroatoms. The third-order valence-corrected chi connectivity index (χ3v) is 8.49. The molecule has 0 aliphatic carbocycles. The van der Waals surface area contributed by atoms with E-state index < -0.39 is 11.6 Å². The Bertz CT molecular complexity index is 1580. The molecular formula is C34H31Br2FN2O4. The summed E-state index contributed by atoms with van der Waals surface area (Å²) in [6, 6.07) is 29.3. The van der Waals surface area contributed by atoms with Crippen molar-refractivity contribution < 1.29 is 23.8 Å². The number of ether oxygens (including phenoxy) is 2. The zero-order valence-electron chi connectivity index (χ0n) is 23.3. The second kappa shape index (κ2) is 14.3. The second-order valence-electron chi connectivity index (χ2n) is 10.2. The Hall–Kier alpha value is -3.53. The van der Waals surface area contributed by atoms with Gasteiger partial charge in [-0.1, -0.05) is 80.4 Å². The van der Waals surface area contributed by atoms with Gasteiger partial charge in [-0.25, -0.2) is 9.38 Å². The Morgan fingerprint density at radius 2 is 1.70 bits per heavy atom. The summed E-state index contributed by atoms with van der Waals surface area (Å²) in [6.45, 7) is 0.692. The SMILES string of the molecule is O=C(NCCc1ccccc1F)[C@]1(Cc2ccc(Br)cc2)N=C(c2ccc(OCCCO)cc2)O[C@@H]1c1ccccc1Br. The molecule has 1 aliphatic heterocycles. The number of aliphatic hydroxyl groups is 1. The Morgan fingerprint density at radius 3 is 2.42 bits per heavy atom. The van der Waals surface area contributed by atoms with Crippen molar-refractivity contribution in [1.29, 1.82) is 0 Å². The Balaban J connectivity index is 1.52. The van der Waals surface area contributed by atoms with E-state index >= 15 is 0 Å². The maximum atomic E-state index is 14.3. The van der Waals surface area contributed by atoms with E-state index in [2.05, 4.69) is 37.2 Å². The number of aliphatic imine (C=N–C) groups is 1. The third-order valence-electron chi connectivity index (χ3n) is 7.24. The maximum absolute atomic E-state index is 14.3. The van der Waals surface area contributed by atoms with Gasteiger partial charge < -0.3 is 19.9 Å². The maximum Gasteiger partial charge on any atom is 0.252 e. The minimum atomic E-state index is -1.36. The summed E-state index contributed by atoms with van der Waals surface area (Å²) in [5.74, 6) is 0.376. The molecule has 0 spiro atoms. The lowest BCUT2D eigenvalue weighted by Crippen LogP contribution is -2.50. The van der Waals surface area contributed by atoms with E-state index in [0.29, 0.717) is 42.2 Å². The number of rotatable bonds is 12. The summed E-state index contributed by atoms with van der Waals surface area (Å²) < 4.78 is 28.3. The van der Waals surface area contributed by atoms with Crippen molar-refractivity contribution in [2.24, 2.45) is 4.99 Å². The van der Waals surface area contributed by atoms with Crippen LogP contribution in [0, 0.1) is 5.82 Å². The van der Waals surface area contributed by atoms with Gasteiger partial charge in [0.05, 0.1) is 6.61 Å². The van der Waals surface area contributed by atoms with Crippen molar-refractivity contribution in [2.75, 3.05) is 19.8 Å². The van der Waals surface area contributed by atoms with E-state index in [-0.39, 0.29) is 31.3 Å². The fraction of sp³-hybridized carbons (Fsp3) is 0.235. The minimum Gasteiger partial charge on any atom is -0.494 e. The number of carbonyl (C=O) groups excluding carboxylic acids is 1. The van der Waals surface area contributed by atoms with Gasteiger partial charge in [-0.2, -0.15) is 0 Å². The third kappa shape index (κ3) is 7.34. The topological polar surface area (TPSA) is 80.2 Å². The molecule has 0 saturated carbocycles. The van der Waals surface area contributed by atoms with Crippen LogP contribution in [0.2, 0.25) is 0 Å². The summed E-state index contributed by atoms with van der Waals surface area (Å²) in [5.41, 5.74) is 1.56. The Kier molecular flexibility index (Phi) is 10.3. The van der Waals surface area contributed by atoms with E-state index in [0.717, 1.165) is 20.1 Å². The van der Waals surface area contributed by atoms with Crippen LogP contribution in [0.15, 0.2) is 111 Å². The number of amides is 1. The van der Waals surface area contributed by atoms with Crippen LogP contribution in [-0.2, 0) is 22.4 Å². The Morgan fingerprint density at radius 1 is 0.977 bits per heavy atom. The van der Waals surface area contributed by atoms with Gasteiger partial charge in [0.2, 0.25) is 5.90 Å². The highest BCUT2D eigenvalue weighted by atomic mass is 79.9. The lowest BCUT2D eigenvalue weighted by atomic mass is 9.82. The number of benzene rings is 4. The lowest BCUT2D eigenvalue weighted by molar-refractivity contribution is -0.128. The van der Waals surface area contributed by atoms with Crippen LogP contribution in [0.4, 0.5) is 4.39 Å². The fourth-order valence-electron chi connectivity index (χ4n) is 5.03. The van der Waals surface area contributed by atoms with E-state index in [1.807, 2.05) is 72.8 Å². The van der Waals surface area contributed by atoms with Crippen LogP contribution in [0.25, 0.3) is 0 Å². The van der Waals surface area contributed by atoms with Gasteiger partial charge in [0.15, 0.2) is 11.6 Å². The number of hydrogen-bond donors (Lipinski definition) is 2. The van der Waals surface area contributed by atoms with Crippen LogP contribution >= 0.6 is 31.9 Å². The normalized spacial score (nSPS) is 17.7. The predicted molar refractivity (Wildman–Crippen MR) is 172 cm³/mol. The Labute approximate surface area is 267 Å². The lowest BCUT2D eigenvalue weighted by Gasteiger charge is -2.31. The highest BCUT2D eigenvalue weighted by Crippen LogP contribution is 2.44. The number of aliphatic hydroxyl groups excluding tert-OH is 1. The molecule has 5 rings (SSSR count). The van der Waals surface area contributed by atoms with Gasteiger partial charge in [-0.15, -0.1) is 0 Å². The van der Waals surface area contributed by atoms with E-state index in [1.54, 1.807) is 18.2 Å². The molecule has 0 fully saturated rings. The summed E-state index contributed by atoms with van der Waals surface area (Å²) in [7, 11) is 0. The predicted octanol–water partition coefficient (Wildman–Crippen LogP) is 6.97. The van der Waals surface area contributed by atoms with Crippen LogP contribution in [0.5, 0.6) is 5.75 Å². The summed E-state index contributed by atoms with van der Waals surface area (Å²) in [5, 5.41) is 12.1. The first-order chi connectivity index (χ1) is 20.9. The van der Waals surface area contributed by atoms with Crippen LogP contribution in [0.1, 0.15) is 34.8 Å². The van der Waals surface area contributed by atoms with Gasteiger partial charge in [0.25, 0.3) is 5.91 Å². The molecule has 0 aromatic heterocycles. The molecular weight excluding hydrogens is 679 g/mol. The fourth-order valence-corrected chi connectivity index (χ4v) is 5.78. The number of hydrogen-bond acceptors (Lipinski definition) is 5. The van der Waals surface area contributed by atoms with Gasteiger partial charge in [-0.05, 0) is 66.1 Å². The zero-order valence-corrected chi connectivity index (χ0v) is 26.5. The number of nitrogens with zero attached hydrogens (tertiary/aromatic N) is 1. The van der Waals surface area contributed by atoms with Crippen molar-refractivity contribution in [1.82, 2.24) is 5.32 Å². The molecule has 222 valence electrons. The summed E-state index contributed by atoms with van der Waals surface area (Å²) >= 11 is 7.16. The second-order valence-corrected chi connectivity index (χ2v) is 12.0. The van der Waals surface area contributed by atoms with E-state index in [1.165, 1.54) is 6.07 Å². The zero-order chi connectivity index (χ0) is 30.2. The quantitative estimate of drug-likeness (QED) is 0.156. The molecule has 4 aromatic carbocycles. The summed E-state index contributed by atoms with van der Waals surface area (Å²) in [6.07, 6.45) is 0.386. The first-order valence-electron chi connectivity index (χ1n) is 14.0. The van der Waals surface area contributed by atoms with Gasteiger partial charge >= 0.3 is 0 Å². The van der Waals surface area contributed by atoms with Crippen LogP contribution in [0.3, 0.4) is 0 Å². The first kappa shape index (κ1) is 30.9. The molecule has 2 N–H and O–H groups in total. The summed E-state index contributed by atoms with van der Waals surface area (Å²) in [4.78, 5) is 19.4. The first-order valence-corrected chi connectivity index (χ1v) is 15.6. The molecule has 0 saturated heterocycles. The molecule has 1 amide bonds. The molecule has 2 atom stereocenters. The van der Waals surface area contributed by atoms with Gasteiger partial charge in [0.1, 0.15) is 11.6 Å². The molecule has 1 aliphatic rings. The molecule has 43 heavy (non-hydrogen) atoms. The standard InChI is InChI=1S/C34H31Br2FN2O4/c35-26-14-10-23(11-15-26)22-34(33(41)38-19-18-24-6-1-4-9-30(24)37)31(28-7-2-3-8-29(28)36)43-32(39-34)25-12-16-27(17-13-25)42-21-5-20-40/h1-4,6-17,31,40H,5,18-22H2,(H,38,41)/t31-,34-/m1/s1. The van der Waals surface area contributed by atoms with Crippen molar-refractivity contribution in [3.63, 3.8) is 0 Å². The number of nitrogens with one attached hydrogen (secondary N) is 1. The van der Waals surface area contributed by atoms with Gasteiger partial charge in [-0.3, -0.25) is 4.79 Å². The van der Waals surface area contributed by atoms with Crippen molar-refractivity contribution in [3.05, 3.63) is 134 Å². The van der Waals surface area contributed by atoms with E-state index in [4.69, 9.17) is 19.6 Å². The number of halogens is 3. The minimum absolute atomic E-state index is 0.0575.